The number of nitrogens with zero attached hydrogens (tertiary/aromatic N) is 2. The average molecular weight is 328 g/mol. The number of furan rings is 1. The van der Waals surface area contributed by atoms with Gasteiger partial charge in [0.15, 0.2) is 5.76 Å². The zero-order valence-electron chi connectivity index (χ0n) is 14.1. The highest BCUT2D eigenvalue weighted by Crippen LogP contribution is 2.15. The predicted molar refractivity (Wildman–Crippen MR) is 92.4 cm³/mol. The second-order valence-corrected chi connectivity index (χ2v) is 6.07. The summed E-state index contributed by atoms with van der Waals surface area (Å²) in [5.41, 5.74) is 1.31. The summed E-state index contributed by atoms with van der Waals surface area (Å²) in [5, 5.41) is 0. The van der Waals surface area contributed by atoms with E-state index in [1.165, 1.54) is 5.56 Å². The fourth-order valence-corrected chi connectivity index (χ4v) is 3.07. The van der Waals surface area contributed by atoms with E-state index in [0.717, 1.165) is 51.3 Å². The van der Waals surface area contributed by atoms with Crippen LogP contribution in [0.5, 0.6) is 5.75 Å². The van der Waals surface area contributed by atoms with Crippen LogP contribution in [0.2, 0.25) is 0 Å². The minimum Gasteiger partial charge on any atom is -0.497 e. The molecule has 1 aliphatic rings. The van der Waals surface area contributed by atoms with Crippen molar-refractivity contribution in [2.24, 2.45) is 0 Å². The zero-order chi connectivity index (χ0) is 16.8. The van der Waals surface area contributed by atoms with Gasteiger partial charge in [0.05, 0.1) is 13.4 Å². The number of rotatable bonds is 6. The standard InChI is InChI=1S/C19H24N2O3/c1-23-17-7-2-5-16(15-17)6-3-9-20-10-12-21(13-11-20)19(22)18-8-4-14-24-18/h2,4-5,7-8,14-15H,3,6,9-13H2,1H3. The van der Waals surface area contributed by atoms with Gasteiger partial charge in [-0.05, 0) is 49.2 Å². The first-order valence-corrected chi connectivity index (χ1v) is 8.44. The lowest BCUT2D eigenvalue weighted by Gasteiger charge is -2.34. The number of hydrogen-bond acceptors (Lipinski definition) is 4. The fourth-order valence-electron chi connectivity index (χ4n) is 3.07. The summed E-state index contributed by atoms with van der Waals surface area (Å²) < 4.78 is 10.5. The van der Waals surface area contributed by atoms with E-state index in [-0.39, 0.29) is 5.91 Å². The van der Waals surface area contributed by atoms with Gasteiger partial charge in [0.2, 0.25) is 0 Å². The van der Waals surface area contributed by atoms with Crippen molar-refractivity contribution in [2.45, 2.75) is 12.8 Å². The minimum atomic E-state index is -0.00368. The maximum atomic E-state index is 12.2. The topological polar surface area (TPSA) is 45.9 Å². The SMILES string of the molecule is COc1cccc(CCCN2CCN(C(=O)c3ccco3)CC2)c1. The minimum absolute atomic E-state index is 0.00368. The van der Waals surface area contributed by atoms with E-state index in [2.05, 4.69) is 17.0 Å². The maximum Gasteiger partial charge on any atom is 0.289 e. The second kappa shape index (κ2) is 8.02. The van der Waals surface area contributed by atoms with Crippen molar-refractivity contribution in [3.05, 3.63) is 54.0 Å². The Morgan fingerprint density at radius 2 is 2.00 bits per heavy atom. The van der Waals surface area contributed by atoms with Gasteiger partial charge in [-0.1, -0.05) is 12.1 Å². The lowest BCUT2D eigenvalue weighted by atomic mass is 10.1. The van der Waals surface area contributed by atoms with Crippen LogP contribution >= 0.6 is 0 Å². The number of ether oxygens (including phenoxy) is 1. The number of piperazine rings is 1. The number of carbonyl (C=O) groups is 1. The average Bonchev–Trinajstić information content (AvgIpc) is 3.16. The molecule has 5 heteroatoms. The molecular formula is C19H24N2O3. The van der Waals surface area contributed by atoms with E-state index < -0.39 is 0 Å². The van der Waals surface area contributed by atoms with Crippen LogP contribution in [0.3, 0.4) is 0 Å². The van der Waals surface area contributed by atoms with E-state index in [0.29, 0.717) is 5.76 Å². The van der Waals surface area contributed by atoms with Crippen LogP contribution in [0.1, 0.15) is 22.5 Å². The largest absolute Gasteiger partial charge is 0.497 e. The summed E-state index contributed by atoms with van der Waals surface area (Å²) in [4.78, 5) is 16.5. The van der Waals surface area contributed by atoms with E-state index in [1.54, 1.807) is 25.5 Å². The summed E-state index contributed by atoms with van der Waals surface area (Å²) in [5.74, 6) is 1.34. The monoisotopic (exact) mass is 328 g/mol. The molecule has 0 radical (unpaired) electrons. The van der Waals surface area contributed by atoms with E-state index in [4.69, 9.17) is 9.15 Å². The van der Waals surface area contributed by atoms with Crippen molar-refractivity contribution in [1.82, 2.24) is 9.80 Å². The molecule has 0 atom stereocenters. The Bertz CT molecular complexity index is 646. The Kier molecular flexibility index (Phi) is 5.54. The number of aryl methyl sites for hydroxylation is 1. The van der Waals surface area contributed by atoms with Gasteiger partial charge in [-0.15, -0.1) is 0 Å². The highest BCUT2D eigenvalue weighted by molar-refractivity contribution is 5.91. The number of benzene rings is 1. The molecule has 1 aliphatic heterocycles. The Labute approximate surface area is 142 Å². The first-order valence-electron chi connectivity index (χ1n) is 8.44. The van der Waals surface area contributed by atoms with Gasteiger partial charge in [0.25, 0.3) is 5.91 Å². The van der Waals surface area contributed by atoms with Crippen LogP contribution in [-0.4, -0.2) is 55.5 Å². The maximum absolute atomic E-state index is 12.2. The molecule has 1 amide bonds. The third-order valence-electron chi connectivity index (χ3n) is 4.47. The number of amides is 1. The molecule has 3 rings (SSSR count). The van der Waals surface area contributed by atoms with Crippen LogP contribution < -0.4 is 4.74 Å². The molecular weight excluding hydrogens is 304 g/mol. The molecule has 0 saturated carbocycles. The van der Waals surface area contributed by atoms with E-state index >= 15 is 0 Å². The summed E-state index contributed by atoms with van der Waals surface area (Å²) in [6, 6.07) is 11.7. The first kappa shape index (κ1) is 16.6. The Hall–Kier alpha value is -2.27. The molecule has 24 heavy (non-hydrogen) atoms. The molecule has 0 bridgehead atoms. The lowest BCUT2D eigenvalue weighted by molar-refractivity contribution is 0.0605. The van der Waals surface area contributed by atoms with E-state index in [9.17, 15) is 4.79 Å². The molecule has 2 heterocycles. The Morgan fingerprint density at radius 1 is 1.17 bits per heavy atom. The predicted octanol–water partition coefficient (Wildman–Crippen LogP) is 2.68. The van der Waals surface area contributed by atoms with Crippen LogP contribution in [-0.2, 0) is 6.42 Å². The second-order valence-electron chi connectivity index (χ2n) is 6.07. The molecule has 0 aliphatic carbocycles. The summed E-state index contributed by atoms with van der Waals surface area (Å²) in [7, 11) is 1.70. The Balaban J connectivity index is 1.40. The third-order valence-corrected chi connectivity index (χ3v) is 4.47. The number of carbonyl (C=O) groups excluding carboxylic acids is 1. The summed E-state index contributed by atoms with van der Waals surface area (Å²) in [6.07, 6.45) is 3.70. The van der Waals surface area contributed by atoms with Gasteiger partial charge in [-0.3, -0.25) is 9.69 Å². The van der Waals surface area contributed by atoms with Crippen LogP contribution in [0.4, 0.5) is 0 Å². The summed E-state index contributed by atoms with van der Waals surface area (Å²) >= 11 is 0. The zero-order valence-corrected chi connectivity index (χ0v) is 14.1. The molecule has 1 aromatic heterocycles. The van der Waals surface area contributed by atoms with Crippen molar-refractivity contribution in [3.8, 4) is 5.75 Å². The van der Waals surface area contributed by atoms with Crippen molar-refractivity contribution in [3.63, 3.8) is 0 Å². The molecule has 1 saturated heterocycles. The quantitative estimate of drug-likeness (QED) is 0.818. The van der Waals surface area contributed by atoms with Crippen molar-refractivity contribution >= 4 is 5.91 Å². The van der Waals surface area contributed by atoms with E-state index in [1.807, 2.05) is 17.0 Å². The number of hydrogen-bond donors (Lipinski definition) is 0. The van der Waals surface area contributed by atoms with Gasteiger partial charge < -0.3 is 14.1 Å². The Morgan fingerprint density at radius 3 is 2.71 bits per heavy atom. The molecule has 128 valence electrons. The van der Waals surface area contributed by atoms with Crippen molar-refractivity contribution in [2.75, 3.05) is 39.8 Å². The molecule has 1 aromatic carbocycles. The molecule has 0 spiro atoms. The van der Waals surface area contributed by atoms with Gasteiger partial charge in [-0.25, -0.2) is 0 Å². The number of methoxy groups -OCH3 is 1. The van der Waals surface area contributed by atoms with Gasteiger partial charge >= 0.3 is 0 Å². The third kappa shape index (κ3) is 4.17. The fraction of sp³-hybridized carbons (Fsp3) is 0.421. The molecule has 1 fully saturated rings. The lowest BCUT2D eigenvalue weighted by Crippen LogP contribution is -2.48. The van der Waals surface area contributed by atoms with Crippen LogP contribution in [0.15, 0.2) is 47.1 Å². The smallest absolute Gasteiger partial charge is 0.289 e. The molecule has 2 aromatic rings. The highest BCUT2D eigenvalue weighted by atomic mass is 16.5. The van der Waals surface area contributed by atoms with Gasteiger partial charge in [0.1, 0.15) is 5.75 Å². The highest BCUT2D eigenvalue weighted by Gasteiger charge is 2.23. The summed E-state index contributed by atoms with van der Waals surface area (Å²) in [6.45, 7) is 4.42. The van der Waals surface area contributed by atoms with Crippen LogP contribution in [0.25, 0.3) is 0 Å². The van der Waals surface area contributed by atoms with Crippen molar-refractivity contribution < 1.29 is 13.9 Å². The van der Waals surface area contributed by atoms with Gasteiger partial charge in [0, 0.05) is 26.2 Å². The van der Waals surface area contributed by atoms with Gasteiger partial charge in [-0.2, -0.15) is 0 Å². The molecule has 0 unspecified atom stereocenters. The first-order chi connectivity index (χ1) is 11.8. The molecule has 5 nitrogen and oxygen atoms in total. The van der Waals surface area contributed by atoms with Crippen molar-refractivity contribution in [1.29, 1.82) is 0 Å². The van der Waals surface area contributed by atoms with Crippen LogP contribution in [0, 0.1) is 0 Å². The molecule has 0 N–H and O–H groups in total. The normalized spacial score (nSPS) is 15.5.